The maximum atomic E-state index is 13.2. The maximum Gasteiger partial charge on any atom is 0.234 e. The molecule has 2 aromatic heterocycles. The predicted molar refractivity (Wildman–Crippen MR) is 127 cm³/mol. The second-order valence-corrected chi connectivity index (χ2v) is 8.45. The fourth-order valence-corrected chi connectivity index (χ4v) is 3.98. The van der Waals surface area contributed by atoms with Crippen LogP contribution < -0.4 is 10.6 Å². The minimum absolute atomic E-state index is 0.118. The van der Waals surface area contributed by atoms with E-state index in [0.29, 0.717) is 24.1 Å². The zero-order chi connectivity index (χ0) is 23.2. The van der Waals surface area contributed by atoms with Crippen molar-refractivity contribution in [1.29, 1.82) is 0 Å². The van der Waals surface area contributed by atoms with Crippen LogP contribution in [-0.2, 0) is 17.9 Å². The SMILES string of the molecule is Cc1cccc(NC(=O)CSc2nnc(CNc3ccc(F)cc3)n2Cc2ccco2)c1C. The number of aryl methyl sites for hydroxylation is 1. The Morgan fingerprint density at radius 3 is 2.67 bits per heavy atom. The first-order chi connectivity index (χ1) is 16.0. The third-order valence-electron chi connectivity index (χ3n) is 5.19. The largest absolute Gasteiger partial charge is 0.467 e. The number of nitrogens with zero attached hydrogens (tertiary/aromatic N) is 3. The molecule has 0 spiro atoms. The van der Waals surface area contributed by atoms with Gasteiger partial charge in [-0.1, -0.05) is 23.9 Å². The molecule has 0 aliphatic carbocycles. The number of hydrogen-bond donors (Lipinski definition) is 2. The monoisotopic (exact) mass is 465 g/mol. The van der Waals surface area contributed by atoms with Gasteiger partial charge in [-0.05, 0) is 67.4 Å². The maximum absolute atomic E-state index is 13.2. The van der Waals surface area contributed by atoms with E-state index in [0.717, 1.165) is 28.3 Å². The van der Waals surface area contributed by atoms with Crippen LogP contribution in [0.2, 0.25) is 0 Å². The Morgan fingerprint density at radius 2 is 1.91 bits per heavy atom. The van der Waals surface area contributed by atoms with Gasteiger partial charge in [0, 0.05) is 11.4 Å². The standard InChI is InChI=1S/C24H24FN5O2S/c1-16-5-3-7-21(17(16)2)27-23(31)15-33-24-29-28-22(30(24)14-20-6-4-12-32-20)13-26-19-10-8-18(25)9-11-19/h3-12,26H,13-15H2,1-2H3,(H,27,31). The molecule has 0 radical (unpaired) electrons. The molecule has 170 valence electrons. The Hall–Kier alpha value is -3.59. The lowest BCUT2D eigenvalue weighted by Gasteiger charge is -2.11. The van der Waals surface area contributed by atoms with Gasteiger partial charge in [0.25, 0.3) is 0 Å². The van der Waals surface area contributed by atoms with Gasteiger partial charge in [-0.25, -0.2) is 4.39 Å². The van der Waals surface area contributed by atoms with Gasteiger partial charge in [0.05, 0.1) is 25.1 Å². The minimum atomic E-state index is -0.292. The molecule has 0 aliphatic heterocycles. The number of thioether (sulfide) groups is 1. The lowest BCUT2D eigenvalue weighted by Crippen LogP contribution is -2.16. The summed E-state index contributed by atoms with van der Waals surface area (Å²) >= 11 is 1.31. The lowest BCUT2D eigenvalue weighted by molar-refractivity contribution is -0.113. The number of carbonyl (C=O) groups is 1. The van der Waals surface area contributed by atoms with Crippen LogP contribution in [0.3, 0.4) is 0 Å². The topological polar surface area (TPSA) is 85.0 Å². The summed E-state index contributed by atoms with van der Waals surface area (Å²) in [5.74, 6) is 1.20. The van der Waals surface area contributed by atoms with Crippen LogP contribution in [0.5, 0.6) is 0 Å². The summed E-state index contributed by atoms with van der Waals surface area (Å²) in [6.45, 7) is 4.81. The van der Waals surface area contributed by atoms with Crippen molar-refractivity contribution in [2.24, 2.45) is 0 Å². The van der Waals surface area contributed by atoms with E-state index in [9.17, 15) is 9.18 Å². The summed E-state index contributed by atoms with van der Waals surface area (Å²) in [7, 11) is 0. The molecule has 4 aromatic rings. The Morgan fingerprint density at radius 1 is 1.09 bits per heavy atom. The first-order valence-corrected chi connectivity index (χ1v) is 11.4. The third-order valence-corrected chi connectivity index (χ3v) is 6.16. The number of carbonyl (C=O) groups excluding carboxylic acids is 1. The zero-order valence-corrected chi connectivity index (χ0v) is 19.2. The van der Waals surface area contributed by atoms with E-state index in [-0.39, 0.29) is 17.5 Å². The number of hydrogen-bond acceptors (Lipinski definition) is 6. The van der Waals surface area contributed by atoms with E-state index in [1.165, 1.54) is 23.9 Å². The van der Waals surface area contributed by atoms with Crippen LogP contribution in [0.1, 0.15) is 22.7 Å². The Bertz CT molecular complexity index is 1220. The number of nitrogens with one attached hydrogen (secondary N) is 2. The number of rotatable bonds is 9. The molecule has 0 fully saturated rings. The molecule has 0 saturated heterocycles. The van der Waals surface area contributed by atoms with Crippen molar-refractivity contribution in [2.75, 3.05) is 16.4 Å². The third kappa shape index (κ3) is 5.81. The van der Waals surface area contributed by atoms with Crippen LogP contribution in [0.4, 0.5) is 15.8 Å². The zero-order valence-electron chi connectivity index (χ0n) is 18.3. The predicted octanol–water partition coefficient (Wildman–Crippen LogP) is 5.02. The van der Waals surface area contributed by atoms with E-state index < -0.39 is 0 Å². The van der Waals surface area contributed by atoms with Crippen LogP contribution in [-0.4, -0.2) is 26.4 Å². The normalized spacial score (nSPS) is 10.9. The van der Waals surface area contributed by atoms with Gasteiger partial charge in [0.15, 0.2) is 11.0 Å². The Kier molecular flexibility index (Phi) is 7.09. The highest BCUT2D eigenvalue weighted by Crippen LogP contribution is 2.22. The molecule has 2 aromatic carbocycles. The summed E-state index contributed by atoms with van der Waals surface area (Å²) in [4.78, 5) is 12.6. The van der Waals surface area contributed by atoms with Crippen LogP contribution in [0.25, 0.3) is 0 Å². The molecule has 4 rings (SSSR count). The summed E-state index contributed by atoms with van der Waals surface area (Å²) < 4.78 is 20.6. The van der Waals surface area contributed by atoms with Crippen molar-refractivity contribution in [1.82, 2.24) is 14.8 Å². The van der Waals surface area contributed by atoms with E-state index >= 15 is 0 Å². The van der Waals surface area contributed by atoms with Crippen molar-refractivity contribution in [3.63, 3.8) is 0 Å². The number of furan rings is 1. The van der Waals surface area contributed by atoms with Gasteiger partial charge in [-0.15, -0.1) is 10.2 Å². The van der Waals surface area contributed by atoms with Gasteiger partial charge in [0.1, 0.15) is 11.6 Å². The van der Waals surface area contributed by atoms with Gasteiger partial charge in [-0.2, -0.15) is 0 Å². The highest BCUT2D eigenvalue weighted by molar-refractivity contribution is 7.99. The molecule has 1 amide bonds. The smallest absolute Gasteiger partial charge is 0.234 e. The van der Waals surface area contributed by atoms with Crippen molar-refractivity contribution >= 4 is 29.0 Å². The number of anilines is 2. The average Bonchev–Trinajstić information content (AvgIpc) is 3.46. The molecule has 0 saturated carbocycles. The first kappa shape index (κ1) is 22.6. The van der Waals surface area contributed by atoms with Gasteiger partial charge in [0.2, 0.25) is 5.91 Å². The molecule has 0 aliphatic rings. The molecule has 0 bridgehead atoms. The number of aromatic nitrogens is 3. The van der Waals surface area contributed by atoms with Crippen LogP contribution in [0.15, 0.2) is 70.4 Å². The van der Waals surface area contributed by atoms with Crippen molar-refractivity contribution in [2.45, 2.75) is 32.1 Å². The Balaban J connectivity index is 1.45. The van der Waals surface area contributed by atoms with Gasteiger partial charge >= 0.3 is 0 Å². The lowest BCUT2D eigenvalue weighted by atomic mass is 10.1. The molecule has 0 unspecified atom stereocenters. The molecule has 33 heavy (non-hydrogen) atoms. The van der Waals surface area contributed by atoms with E-state index in [4.69, 9.17) is 4.42 Å². The van der Waals surface area contributed by atoms with Crippen molar-refractivity contribution < 1.29 is 13.6 Å². The molecule has 0 atom stereocenters. The van der Waals surface area contributed by atoms with Gasteiger partial charge in [-0.3, -0.25) is 9.36 Å². The van der Waals surface area contributed by atoms with E-state index in [1.807, 2.05) is 48.7 Å². The minimum Gasteiger partial charge on any atom is -0.467 e. The molecule has 7 nitrogen and oxygen atoms in total. The summed E-state index contributed by atoms with van der Waals surface area (Å²) in [6, 6.07) is 15.6. The van der Waals surface area contributed by atoms with Crippen LogP contribution in [0, 0.1) is 19.7 Å². The molecule has 2 N–H and O–H groups in total. The summed E-state index contributed by atoms with van der Waals surface area (Å²) in [5.41, 5.74) is 3.75. The highest BCUT2D eigenvalue weighted by Gasteiger charge is 2.16. The fourth-order valence-electron chi connectivity index (χ4n) is 3.23. The summed E-state index contributed by atoms with van der Waals surface area (Å²) in [5, 5.41) is 15.4. The number of amides is 1. The molecular weight excluding hydrogens is 441 g/mol. The van der Waals surface area contributed by atoms with Crippen molar-refractivity contribution in [3.05, 3.63) is 89.4 Å². The quantitative estimate of drug-likeness (QED) is 0.338. The molecule has 2 heterocycles. The molecular formula is C24H24FN5O2S. The second-order valence-electron chi connectivity index (χ2n) is 7.51. The summed E-state index contributed by atoms with van der Waals surface area (Å²) in [6.07, 6.45) is 1.61. The second kappa shape index (κ2) is 10.4. The van der Waals surface area contributed by atoms with E-state index in [2.05, 4.69) is 20.8 Å². The highest BCUT2D eigenvalue weighted by atomic mass is 32.2. The number of halogens is 1. The van der Waals surface area contributed by atoms with Crippen molar-refractivity contribution in [3.8, 4) is 0 Å². The molecule has 9 heteroatoms. The average molecular weight is 466 g/mol. The van der Waals surface area contributed by atoms with Crippen LogP contribution >= 0.6 is 11.8 Å². The van der Waals surface area contributed by atoms with Gasteiger partial charge < -0.3 is 15.1 Å². The fraction of sp³-hybridized carbons (Fsp3) is 0.208. The first-order valence-electron chi connectivity index (χ1n) is 10.4. The van der Waals surface area contributed by atoms with E-state index in [1.54, 1.807) is 18.4 Å². The number of benzene rings is 2. The Labute approximate surface area is 195 Å².